The molecule has 4 heteroatoms. The smallest absolute Gasteiger partial charge is 0.137 e. The number of hydrogen-bond donors (Lipinski definition) is 2. The Bertz CT molecular complexity index is 719. The number of aliphatic hydroxyl groups excluding tert-OH is 1. The number of rotatable bonds is 4. The van der Waals surface area contributed by atoms with E-state index in [4.69, 9.17) is 10.5 Å². The second kappa shape index (κ2) is 7.78. The molecule has 0 aromatic rings. The third-order valence-electron chi connectivity index (χ3n) is 9.85. The molecule has 166 valence electrons. The molecule has 0 aromatic carbocycles. The zero-order chi connectivity index (χ0) is 21.0. The van der Waals surface area contributed by atoms with Crippen molar-refractivity contribution in [3.8, 4) is 0 Å². The summed E-state index contributed by atoms with van der Waals surface area (Å²) < 4.78 is 5.94. The van der Waals surface area contributed by atoms with Gasteiger partial charge in [-0.3, -0.25) is 0 Å². The van der Waals surface area contributed by atoms with Gasteiger partial charge in [-0.15, -0.1) is 0 Å². The number of aliphatic hydroxyl groups is 1. The Labute approximate surface area is 181 Å². The Kier molecular flexibility index (Phi) is 5.38. The zero-order valence-electron chi connectivity index (χ0n) is 18.4. The monoisotopic (exact) mass is 413 g/mol. The highest BCUT2D eigenvalue weighted by atomic mass is 16.5. The van der Waals surface area contributed by atoms with Gasteiger partial charge in [0.1, 0.15) is 12.4 Å². The van der Waals surface area contributed by atoms with Gasteiger partial charge in [-0.25, -0.2) is 0 Å². The van der Waals surface area contributed by atoms with Gasteiger partial charge in [0.25, 0.3) is 0 Å². The second-order valence-electron chi connectivity index (χ2n) is 11.3. The van der Waals surface area contributed by atoms with Crippen LogP contribution in [0.15, 0.2) is 24.5 Å². The Morgan fingerprint density at radius 1 is 1.27 bits per heavy atom. The minimum absolute atomic E-state index is 0.0166. The normalized spacial score (nSPS) is 51.3. The molecule has 5 rings (SSSR count). The van der Waals surface area contributed by atoms with Gasteiger partial charge < -0.3 is 20.4 Å². The fourth-order valence-electron chi connectivity index (χ4n) is 8.73. The Morgan fingerprint density at radius 3 is 2.87 bits per heavy atom. The topological polar surface area (TPSA) is 72.6 Å². The van der Waals surface area contributed by atoms with E-state index in [-0.39, 0.29) is 17.6 Å². The van der Waals surface area contributed by atoms with E-state index in [9.17, 15) is 9.90 Å². The Hall–Kier alpha value is -1.13. The average Bonchev–Trinajstić information content (AvgIpc) is 3.31. The van der Waals surface area contributed by atoms with Gasteiger partial charge >= 0.3 is 0 Å². The number of ether oxygens (including phenoxy) is 1. The maximum atomic E-state index is 12.1. The maximum Gasteiger partial charge on any atom is 0.137 e. The number of allylic oxidation sites excluding steroid dienone is 1. The van der Waals surface area contributed by atoms with Crippen LogP contribution in [0.2, 0.25) is 0 Å². The summed E-state index contributed by atoms with van der Waals surface area (Å²) in [6, 6.07) is -0.350. The van der Waals surface area contributed by atoms with E-state index in [0.717, 1.165) is 37.9 Å². The van der Waals surface area contributed by atoms with Crippen LogP contribution in [0.1, 0.15) is 64.7 Å². The summed E-state index contributed by atoms with van der Waals surface area (Å²) in [6.07, 6.45) is 14.3. The maximum absolute atomic E-state index is 12.1. The van der Waals surface area contributed by atoms with E-state index >= 15 is 0 Å². The molecule has 1 aliphatic heterocycles. The molecular weight excluding hydrogens is 374 g/mol. The summed E-state index contributed by atoms with van der Waals surface area (Å²) >= 11 is 0. The lowest BCUT2D eigenvalue weighted by molar-refractivity contribution is -0.111. The highest BCUT2D eigenvalue weighted by Crippen LogP contribution is 2.75. The van der Waals surface area contributed by atoms with Crippen molar-refractivity contribution in [3.05, 3.63) is 24.5 Å². The van der Waals surface area contributed by atoms with Gasteiger partial charge in [-0.05, 0) is 92.4 Å². The molecule has 11 unspecified atom stereocenters. The van der Waals surface area contributed by atoms with Crippen LogP contribution >= 0.6 is 0 Å². The minimum Gasteiger partial charge on any atom is -0.498 e. The van der Waals surface area contributed by atoms with Gasteiger partial charge in [0, 0.05) is 11.8 Å². The van der Waals surface area contributed by atoms with Crippen LogP contribution in [-0.4, -0.2) is 29.6 Å². The highest BCUT2D eigenvalue weighted by Gasteiger charge is 2.73. The summed E-state index contributed by atoms with van der Waals surface area (Å²) in [6.45, 7) is 6.85. The number of hydrogen-bond acceptors (Lipinski definition) is 4. The SMILES string of the molecule is C=C1CCC2C(C3CC(C)CC13)C2(C(N)C=O)C1CCCC(C2CC(O)C=CO2)C1. The van der Waals surface area contributed by atoms with E-state index in [1.807, 2.05) is 0 Å². The molecule has 1 heterocycles. The molecule has 0 bridgehead atoms. The molecule has 4 saturated carbocycles. The molecule has 30 heavy (non-hydrogen) atoms. The van der Waals surface area contributed by atoms with Crippen molar-refractivity contribution >= 4 is 6.29 Å². The summed E-state index contributed by atoms with van der Waals surface area (Å²) in [5, 5.41) is 10.1. The molecule has 0 saturated heterocycles. The molecule has 4 fully saturated rings. The lowest BCUT2D eigenvalue weighted by Gasteiger charge is -2.42. The molecule has 0 aromatic heterocycles. The van der Waals surface area contributed by atoms with Gasteiger partial charge in [-0.1, -0.05) is 25.5 Å². The standard InChI is InChI=1S/C26H39NO3/c1-15-10-20-16(2)6-7-22-25(21(20)11-15)26(22,24(27)14-28)18-5-3-4-17(12-18)23-13-19(29)8-9-30-23/h8-9,14-15,17-25,29H,2-7,10-13,27H2,1H3. The lowest BCUT2D eigenvalue weighted by atomic mass is 9.65. The third kappa shape index (κ3) is 3.12. The highest BCUT2D eigenvalue weighted by molar-refractivity contribution is 5.61. The lowest BCUT2D eigenvalue weighted by Crippen LogP contribution is -2.45. The molecular formula is C26H39NO3. The van der Waals surface area contributed by atoms with Crippen LogP contribution in [0.3, 0.4) is 0 Å². The van der Waals surface area contributed by atoms with Crippen LogP contribution < -0.4 is 5.73 Å². The van der Waals surface area contributed by atoms with E-state index in [2.05, 4.69) is 13.5 Å². The van der Waals surface area contributed by atoms with Crippen molar-refractivity contribution in [3.63, 3.8) is 0 Å². The molecule has 0 radical (unpaired) electrons. The van der Waals surface area contributed by atoms with E-state index in [0.29, 0.717) is 41.9 Å². The van der Waals surface area contributed by atoms with Crippen LogP contribution in [0, 0.1) is 46.8 Å². The Balaban J connectivity index is 1.42. The second-order valence-corrected chi connectivity index (χ2v) is 11.3. The first-order chi connectivity index (χ1) is 14.5. The average molecular weight is 414 g/mol. The number of nitrogens with two attached hydrogens (primary N) is 1. The molecule has 4 aliphatic carbocycles. The van der Waals surface area contributed by atoms with Gasteiger partial charge in [0.2, 0.25) is 0 Å². The summed E-state index contributed by atoms with van der Waals surface area (Å²) in [7, 11) is 0. The van der Waals surface area contributed by atoms with Gasteiger partial charge in [0.05, 0.1) is 18.4 Å². The van der Waals surface area contributed by atoms with E-state index in [1.165, 1.54) is 31.3 Å². The molecule has 5 aliphatic rings. The van der Waals surface area contributed by atoms with Crippen LogP contribution in [0.25, 0.3) is 0 Å². The molecule has 0 spiro atoms. The predicted octanol–water partition coefficient (Wildman–Crippen LogP) is 4.23. The largest absolute Gasteiger partial charge is 0.498 e. The van der Waals surface area contributed by atoms with Crippen molar-refractivity contribution in [2.45, 2.75) is 83.0 Å². The van der Waals surface area contributed by atoms with Gasteiger partial charge in [-0.2, -0.15) is 0 Å². The first-order valence-corrected chi connectivity index (χ1v) is 12.4. The third-order valence-corrected chi connectivity index (χ3v) is 9.85. The number of carbonyl (C=O) groups excluding carboxylic acids is 1. The minimum atomic E-state index is -0.394. The van der Waals surface area contributed by atoms with Crippen LogP contribution in [0.5, 0.6) is 0 Å². The number of aldehydes is 1. The van der Waals surface area contributed by atoms with Crippen LogP contribution in [0.4, 0.5) is 0 Å². The molecule has 11 atom stereocenters. The Morgan fingerprint density at radius 2 is 2.10 bits per heavy atom. The first kappa shape index (κ1) is 20.8. The van der Waals surface area contributed by atoms with Crippen LogP contribution in [-0.2, 0) is 9.53 Å². The predicted molar refractivity (Wildman–Crippen MR) is 117 cm³/mol. The van der Waals surface area contributed by atoms with E-state index < -0.39 is 6.10 Å². The van der Waals surface area contributed by atoms with Crippen molar-refractivity contribution < 1.29 is 14.6 Å². The number of fused-ring (bicyclic) bond motifs is 3. The van der Waals surface area contributed by atoms with Crippen molar-refractivity contribution in [1.82, 2.24) is 0 Å². The first-order valence-electron chi connectivity index (χ1n) is 12.4. The fourth-order valence-corrected chi connectivity index (χ4v) is 8.73. The molecule has 3 N–H and O–H groups in total. The summed E-state index contributed by atoms with van der Waals surface area (Å²) in [4.78, 5) is 12.1. The quantitative estimate of drug-likeness (QED) is 0.534. The zero-order valence-corrected chi connectivity index (χ0v) is 18.4. The fraction of sp³-hybridized carbons (Fsp3) is 0.808. The van der Waals surface area contributed by atoms with Crippen molar-refractivity contribution in [1.29, 1.82) is 0 Å². The molecule has 0 amide bonds. The van der Waals surface area contributed by atoms with Gasteiger partial charge in [0.15, 0.2) is 0 Å². The van der Waals surface area contributed by atoms with Crippen molar-refractivity contribution in [2.24, 2.45) is 52.6 Å². The van der Waals surface area contributed by atoms with Crippen molar-refractivity contribution in [2.75, 3.05) is 0 Å². The number of carbonyl (C=O) groups is 1. The summed E-state index contributed by atoms with van der Waals surface area (Å²) in [5.74, 6) is 4.19. The molecule has 4 nitrogen and oxygen atoms in total. The summed E-state index contributed by atoms with van der Waals surface area (Å²) in [5.41, 5.74) is 8.12. The van der Waals surface area contributed by atoms with E-state index in [1.54, 1.807) is 12.3 Å².